The van der Waals surface area contributed by atoms with Gasteiger partial charge in [0.1, 0.15) is 11.4 Å². The van der Waals surface area contributed by atoms with Gasteiger partial charge in [0, 0.05) is 11.8 Å². The summed E-state index contributed by atoms with van der Waals surface area (Å²) in [7, 11) is 1.54. The van der Waals surface area contributed by atoms with Crippen molar-refractivity contribution in [3.8, 4) is 28.7 Å². The smallest absolute Gasteiger partial charge is 0.259 e. The van der Waals surface area contributed by atoms with Gasteiger partial charge in [0.25, 0.3) is 5.56 Å². The molecule has 118 valence electrons. The molecule has 0 saturated heterocycles. The number of pyridine rings is 1. The fourth-order valence-electron chi connectivity index (χ4n) is 2.41. The lowest BCUT2D eigenvalue weighted by atomic mass is 10.1. The number of H-pyrrole nitrogens is 2. The van der Waals surface area contributed by atoms with Gasteiger partial charge < -0.3 is 9.72 Å². The van der Waals surface area contributed by atoms with E-state index in [1.807, 2.05) is 0 Å². The molecule has 3 heterocycles. The molecule has 4 rings (SSSR count). The number of rotatable bonds is 3. The van der Waals surface area contributed by atoms with Gasteiger partial charge in [-0.05, 0) is 40.8 Å². The van der Waals surface area contributed by atoms with Crippen LogP contribution in [0.5, 0.6) is 5.75 Å². The Bertz CT molecular complexity index is 1070. The summed E-state index contributed by atoms with van der Waals surface area (Å²) < 4.78 is 5.27. The Kier molecular flexibility index (Phi) is 3.23. The number of ether oxygens (including phenoxy) is 1. The van der Waals surface area contributed by atoms with Gasteiger partial charge in [0.05, 0.1) is 18.0 Å². The van der Waals surface area contributed by atoms with Crippen molar-refractivity contribution in [2.75, 3.05) is 7.11 Å². The topological polar surface area (TPSA) is 122 Å². The van der Waals surface area contributed by atoms with Crippen LogP contribution in [0.25, 0.3) is 33.8 Å². The summed E-state index contributed by atoms with van der Waals surface area (Å²) in [5.74, 6) is 1.36. The molecule has 4 aromatic rings. The quantitative estimate of drug-likeness (QED) is 0.580. The number of tetrazole rings is 1. The Balaban J connectivity index is 1.90. The third kappa shape index (κ3) is 2.28. The minimum atomic E-state index is -0.281. The van der Waals surface area contributed by atoms with Crippen molar-refractivity contribution in [2.45, 2.75) is 0 Å². The summed E-state index contributed by atoms with van der Waals surface area (Å²) in [6.45, 7) is 0. The number of nitrogens with zero attached hydrogens (tertiary/aromatic N) is 5. The van der Waals surface area contributed by atoms with E-state index in [4.69, 9.17) is 4.74 Å². The molecule has 0 saturated carbocycles. The highest BCUT2D eigenvalue weighted by Crippen LogP contribution is 2.25. The largest absolute Gasteiger partial charge is 0.494 e. The summed E-state index contributed by atoms with van der Waals surface area (Å²) in [5, 5.41) is 14.0. The summed E-state index contributed by atoms with van der Waals surface area (Å²) in [6, 6.07) is 8.71. The van der Waals surface area contributed by atoms with E-state index in [1.54, 1.807) is 36.5 Å². The Labute approximate surface area is 134 Å². The molecule has 0 spiro atoms. The van der Waals surface area contributed by atoms with Crippen LogP contribution in [0.2, 0.25) is 0 Å². The predicted molar refractivity (Wildman–Crippen MR) is 85.3 cm³/mol. The number of fused-ring (bicyclic) bond motifs is 1. The van der Waals surface area contributed by atoms with E-state index in [0.29, 0.717) is 39.6 Å². The van der Waals surface area contributed by atoms with E-state index in [2.05, 4.69) is 35.6 Å². The van der Waals surface area contributed by atoms with Gasteiger partial charge in [-0.25, -0.2) is 15.1 Å². The highest BCUT2D eigenvalue weighted by molar-refractivity contribution is 5.83. The maximum atomic E-state index is 12.5. The molecule has 9 heteroatoms. The van der Waals surface area contributed by atoms with E-state index in [0.717, 1.165) is 0 Å². The zero-order valence-corrected chi connectivity index (χ0v) is 12.5. The van der Waals surface area contributed by atoms with Crippen molar-refractivity contribution in [2.24, 2.45) is 0 Å². The van der Waals surface area contributed by atoms with Crippen LogP contribution in [0.1, 0.15) is 0 Å². The highest BCUT2D eigenvalue weighted by atomic mass is 16.5. The summed E-state index contributed by atoms with van der Waals surface area (Å²) >= 11 is 0. The first-order valence-corrected chi connectivity index (χ1v) is 7.04. The van der Waals surface area contributed by atoms with Crippen molar-refractivity contribution in [3.05, 3.63) is 46.9 Å². The van der Waals surface area contributed by atoms with Crippen LogP contribution in [0.15, 0.2) is 41.3 Å². The monoisotopic (exact) mass is 321 g/mol. The van der Waals surface area contributed by atoms with Crippen LogP contribution in [-0.2, 0) is 0 Å². The van der Waals surface area contributed by atoms with E-state index in [-0.39, 0.29) is 5.56 Å². The van der Waals surface area contributed by atoms with Crippen LogP contribution < -0.4 is 10.3 Å². The molecule has 0 aliphatic heterocycles. The SMILES string of the molecule is COc1cccnc1-c1nc2ccc(-c3nnn[nH]3)cc2c(=O)[nH]1. The lowest BCUT2D eigenvalue weighted by molar-refractivity contribution is 0.414. The zero-order valence-electron chi connectivity index (χ0n) is 12.5. The molecule has 0 radical (unpaired) electrons. The lowest BCUT2D eigenvalue weighted by Crippen LogP contribution is -2.10. The molecule has 0 atom stereocenters. The maximum Gasteiger partial charge on any atom is 0.259 e. The van der Waals surface area contributed by atoms with Crippen LogP contribution in [0.4, 0.5) is 0 Å². The maximum absolute atomic E-state index is 12.5. The number of nitrogens with one attached hydrogen (secondary N) is 2. The van der Waals surface area contributed by atoms with Crippen molar-refractivity contribution < 1.29 is 4.74 Å². The highest BCUT2D eigenvalue weighted by Gasteiger charge is 2.13. The average Bonchev–Trinajstić information content (AvgIpc) is 3.16. The molecule has 0 aliphatic rings. The van der Waals surface area contributed by atoms with Crippen LogP contribution in [-0.4, -0.2) is 42.7 Å². The van der Waals surface area contributed by atoms with Gasteiger partial charge in [0.15, 0.2) is 11.6 Å². The molecule has 1 aromatic carbocycles. The summed E-state index contributed by atoms with van der Waals surface area (Å²) in [4.78, 5) is 23.9. The first-order chi connectivity index (χ1) is 11.8. The number of methoxy groups -OCH3 is 1. The number of hydrogen-bond acceptors (Lipinski definition) is 7. The van der Waals surface area contributed by atoms with Gasteiger partial charge in [-0.3, -0.25) is 4.79 Å². The number of aromatic amines is 2. The average molecular weight is 321 g/mol. The fraction of sp³-hybridized carbons (Fsp3) is 0.0667. The van der Waals surface area contributed by atoms with E-state index in [9.17, 15) is 4.79 Å². The Morgan fingerprint density at radius 3 is 2.88 bits per heavy atom. The molecule has 9 nitrogen and oxygen atoms in total. The minimum Gasteiger partial charge on any atom is -0.494 e. The molecule has 0 bridgehead atoms. The zero-order chi connectivity index (χ0) is 16.5. The molecule has 0 unspecified atom stereocenters. The van der Waals surface area contributed by atoms with Gasteiger partial charge in [-0.2, -0.15) is 0 Å². The van der Waals surface area contributed by atoms with Crippen LogP contribution in [0, 0.1) is 0 Å². The standard InChI is InChI=1S/C15H11N7O2/c1-24-11-3-2-6-16-12(11)14-17-10-5-4-8(13-19-21-22-20-13)7-9(10)15(23)18-14/h2-7H,1H3,(H,17,18,23)(H,19,20,21,22). The first kappa shape index (κ1) is 14.0. The van der Waals surface area contributed by atoms with Gasteiger partial charge >= 0.3 is 0 Å². The van der Waals surface area contributed by atoms with E-state index in [1.165, 1.54) is 7.11 Å². The molecule has 0 fully saturated rings. The lowest BCUT2D eigenvalue weighted by Gasteiger charge is -2.07. The second-order valence-corrected chi connectivity index (χ2v) is 4.95. The predicted octanol–water partition coefficient (Wildman–Crippen LogP) is 1.17. The van der Waals surface area contributed by atoms with Gasteiger partial charge in [0.2, 0.25) is 0 Å². The van der Waals surface area contributed by atoms with Gasteiger partial charge in [-0.1, -0.05) is 0 Å². The van der Waals surface area contributed by atoms with Crippen molar-refractivity contribution in [1.82, 2.24) is 35.6 Å². The Hall–Kier alpha value is -3.62. The molecule has 0 aliphatic carbocycles. The molecule has 2 N–H and O–H groups in total. The normalized spacial score (nSPS) is 10.9. The van der Waals surface area contributed by atoms with Crippen LogP contribution >= 0.6 is 0 Å². The third-order valence-electron chi connectivity index (χ3n) is 3.54. The minimum absolute atomic E-state index is 0.281. The third-order valence-corrected chi connectivity index (χ3v) is 3.54. The molecular weight excluding hydrogens is 310 g/mol. The van der Waals surface area contributed by atoms with E-state index >= 15 is 0 Å². The van der Waals surface area contributed by atoms with Crippen molar-refractivity contribution >= 4 is 10.9 Å². The molecule has 0 amide bonds. The van der Waals surface area contributed by atoms with Crippen molar-refractivity contribution in [1.29, 1.82) is 0 Å². The van der Waals surface area contributed by atoms with Crippen molar-refractivity contribution in [3.63, 3.8) is 0 Å². The van der Waals surface area contributed by atoms with Gasteiger partial charge in [-0.15, -0.1) is 5.10 Å². The summed E-state index contributed by atoms with van der Waals surface area (Å²) in [5.41, 5.74) is 1.43. The number of hydrogen-bond donors (Lipinski definition) is 2. The second kappa shape index (κ2) is 5.54. The Morgan fingerprint density at radius 2 is 2.08 bits per heavy atom. The number of aromatic nitrogens is 7. The molecular formula is C15H11N7O2. The van der Waals surface area contributed by atoms with Crippen LogP contribution in [0.3, 0.4) is 0 Å². The fourth-order valence-corrected chi connectivity index (χ4v) is 2.41. The molecule has 3 aromatic heterocycles. The summed E-state index contributed by atoms with van der Waals surface area (Å²) in [6.07, 6.45) is 1.61. The van der Waals surface area contributed by atoms with E-state index < -0.39 is 0 Å². The first-order valence-electron chi connectivity index (χ1n) is 7.04. The second-order valence-electron chi connectivity index (χ2n) is 4.95. The Morgan fingerprint density at radius 1 is 1.17 bits per heavy atom. The number of benzene rings is 1. The molecule has 24 heavy (non-hydrogen) atoms.